The number of benzene rings is 4. The molecule has 1 amide bonds. The number of rotatable bonds is 10. The van der Waals surface area contributed by atoms with Gasteiger partial charge in [0.05, 0.1) is 43.7 Å². The molecule has 0 spiro atoms. The highest BCUT2D eigenvalue weighted by molar-refractivity contribution is 6.13. The van der Waals surface area contributed by atoms with Gasteiger partial charge in [-0.2, -0.15) is 0 Å². The van der Waals surface area contributed by atoms with E-state index in [1.54, 1.807) is 40.2 Å². The van der Waals surface area contributed by atoms with E-state index in [0.29, 0.717) is 29.2 Å². The van der Waals surface area contributed by atoms with Gasteiger partial charge in [-0.3, -0.25) is 9.69 Å². The second-order valence-electron chi connectivity index (χ2n) is 13.8. The van der Waals surface area contributed by atoms with Crippen molar-refractivity contribution >= 4 is 34.9 Å². The van der Waals surface area contributed by atoms with Crippen LogP contribution < -0.4 is 19.7 Å². The van der Waals surface area contributed by atoms with Crippen molar-refractivity contribution in [1.29, 1.82) is 0 Å². The van der Waals surface area contributed by atoms with Crippen molar-refractivity contribution in [2.24, 2.45) is 0 Å². The van der Waals surface area contributed by atoms with Gasteiger partial charge >= 0.3 is 6.09 Å². The van der Waals surface area contributed by atoms with Crippen LogP contribution in [0.4, 0.5) is 16.2 Å². The van der Waals surface area contributed by atoms with Gasteiger partial charge in [-0.15, -0.1) is 6.58 Å². The molecule has 0 bridgehead atoms. The van der Waals surface area contributed by atoms with Crippen molar-refractivity contribution in [2.75, 3.05) is 31.0 Å². The van der Waals surface area contributed by atoms with E-state index < -0.39 is 11.6 Å². The molecule has 0 saturated carbocycles. The van der Waals surface area contributed by atoms with Crippen molar-refractivity contribution < 1.29 is 28.9 Å². The quantitative estimate of drug-likeness (QED) is 0.126. The molecule has 0 aliphatic carbocycles. The molecule has 0 saturated heterocycles. The number of methoxy groups -OCH3 is 2. The van der Waals surface area contributed by atoms with E-state index in [1.807, 2.05) is 60.7 Å². The number of hydrogen-bond acceptors (Lipinski definition) is 6. The molecule has 2 heterocycles. The Hall–Kier alpha value is -5.60. The maximum Gasteiger partial charge on any atom is 0.412 e. The summed E-state index contributed by atoms with van der Waals surface area (Å²) < 4.78 is 17.0. The summed E-state index contributed by atoms with van der Waals surface area (Å²) in [7, 11) is 3.31. The third-order valence-corrected chi connectivity index (χ3v) is 9.22. The number of anilines is 2. The number of hydrogen-bond donors (Lipinski definition) is 2. The third kappa shape index (κ3) is 7.82. The molecule has 6 rings (SSSR count). The van der Waals surface area contributed by atoms with Gasteiger partial charge in [0, 0.05) is 33.5 Å². The molecule has 0 fully saturated rings. The first-order valence-corrected chi connectivity index (χ1v) is 17.4. The van der Waals surface area contributed by atoms with Crippen molar-refractivity contribution in [3.8, 4) is 33.8 Å². The maximum atomic E-state index is 11.8. The van der Waals surface area contributed by atoms with Crippen LogP contribution in [-0.4, -0.2) is 55.5 Å². The average molecular weight is 701 g/mol. The summed E-state index contributed by atoms with van der Waals surface area (Å²) in [5.74, 6) is 1.59. The second kappa shape index (κ2) is 15.7. The molecule has 0 radical (unpaired) electrons. The Morgan fingerprint density at radius 3 is 1.96 bits per heavy atom. The van der Waals surface area contributed by atoms with Crippen LogP contribution in [-0.2, 0) is 9.53 Å². The zero-order valence-electron chi connectivity index (χ0n) is 31.0. The fraction of sp³-hybridized carbons (Fsp3) is 0.273. The summed E-state index contributed by atoms with van der Waals surface area (Å²) in [6.07, 6.45) is 6.44. The summed E-state index contributed by atoms with van der Waals surface area (Å²) in [4.78, 5) is 24.6. The van der Waals surface area contributed by atoms with E-state index in [-0.39, 0.29) is 11.6 Å². The number of ether oxygens (including phenoxy) is 3. The van der Waals surface area contributed by atoms with Crippen molar-refractivity contribution in [3.63, 3.8) is 0 Å². The number of carbonyl (C=O) groups is 2. The topological polar surface area (TPSA) is 97.3 Å². The fourth-order valence-electron chi connectivity index (χ4n) is 6.96. The standard InChI is InChI=1S/C24H29NO2.C20H19NO4/c1-6-14-27-22(7-2)20-16-24(3,4)25-21-13-12-17(15-19(20)21)18-10-8-9-11-23(18)26-5;1-20(2)11-14(12-22)16-10-13(8-9-17(16)21(20)19(23)24)15-6-4-5-7-18(15)25-3/h6,8-13,15-16,22,25H,1,7,14H2,2-5H3;4-12H,1-3H3,(H,23,24). The minimum absolute atomic E-state index is 0.0380. The van der Waals surface area contributed by atoms with E-state index >= 15 is 0 Å². The van der Waals surface area contributed by atoms with Crippen LogP contribution in [0.5, 0.6) is 11.5 Å². The smallest absolute Gasteiger partial charge is 0.412 e. The summed E-state index contributed by atoms with van der Waals surface area (Å²) in [6, 6.07) is 27.6. The number of amides is 1. The molecule has 2 aliphatic rings. The van der Waals surface area contributed by atoms with Gasteiger partial charge in [-0.05, 0) is 93.3 Å². The molecule has 8 nitrogen and oxygen atoms in total. The van der Waals surface area contributed by atoms with E-state index in [1.165, 1.54) is 16.0 Å². The Morgan fingerprint density at radius 2 is 1.42 bits per heavy atom. The first kappa shape index (κ1) is 37.7. The van der Waals surface area contributed by atoms with Gasteiger partial charge in [-0.25, -0.2) is 4.79 Å². The predicted octanol–water partition coefficient (Wildman–Crippen LogP) is 10.2. The van der Waals surface area contributed by atoms with Crippen LogP contribution in [0.3, 0.4) is 0 Å². The first-order chi connectivity index (χ1) is 24.9. The normalized spacial score (nSPS) is 15.6. The number of para-hydroxylation sites is 2. The molecule has 2 N–H and O–H groups in total. The summed E-state index contributed by atoms with van der Waals surface area (Å²) in [6.45, 7) is 14.4. The lowest BCUT2D eigenvalue weighted by atomic mass is 9.85. The largest absolute Gasteiger partial charge is 0.496 e. The minimum atomic E-state index is -1.06. The zero-order valence-corrected chi connectivity index (χ0v) is 31.0. The number of allylic oxidation sites excluding steroid dienone is 1. The number of nitrogens with one attached hydrogen (secondary N) is 1. The Kier molecular flexibility index (Phi) is 11.4. The summed E-state index contributed by atoms with van der Waals surface area (Å²) >= 11 is 0. The van der Waals surface area contributed by atoms with E-state index in [4.69, 9.17) is 14.2 Å². The number of carboxylic acid groups (broad SMARTS) is 1. The minimum Gasteiger partial charge on any atom is -0.496 e. The second-order valence-corrected chi connectivity index (χ2v) is 13.8. The highest BCUT2D eigenvalue weighted by atomic mass is 16.5. The van der Waals surface area contributed by atoms with Gasteiger partial charge in [-0.1, -0.05) is 67.6 Å². The molecule has 0 aromatic heterocycles. The molecule has 4 aromatic rings. The Bertz CT molecular complexity index is 2020. The SMILES string of the molecule is C=CCOC(CC)C1=CC(C)(C)Nc2ccc(-c3ccccc3OC)cc21.COc1ccccc1-c1ccc2c(c1)C(C=O)=CC(C)(C)N2C(=O)O. The molecule has 52 heavy (non-hydrogen) atoms. The van der Waals surface area contributed by atoms with Gasteiger partial charge < -0.3 is 24.6 Å². The number of carbonyl (C=O) groups excluding carboxylic acids is 1. The van der Waals surface area contributed by atoms with Crippen molar-refractivity contribution in [3.05, 3.63) is 121 Å². The monoisotopic (exact) mass is 700 g/mol. The summed E-state index contributed by atoms with van der Waals surface area (Å²) in [5, 5.41) is 13.3. The van der Waals surface area contributed by atoms with Crippen molar-refractivity contribution in [2.45, 2.75) is 58.2 Å². The van der Waals surface area contributed by atoms with Crippen LogP contribution in [0.15, 0.2) is 110 Å². The average Bonchev–Trinajstić information content (AvgIpc) is 3.13. The highest BCUT2D eigenvalue weighted by Gasteiger charge is 2.37. The molecule has 8 heteroatoms. The number of fused-ring (bicyclic) bond motifs is 2. The first-order valence-electron chi connectivity index (χ1n) is 17.4. The van der Waals surface area contributed by atoms with Gasteiger partial charge in [0.1, 0.15) is 17.8 Å². The fourth-order valence-corrected chi connectivity index (χ4v) is 6.96. The lowest BCUT2D eigenvalue weighted by Gasteiger charge is -2.39. The van der Waals surface area contributed by atoms with Crippen LogP contribution in [0.25, 0.3) is 33.4 Å². The number of aldehydes is 1. The van der Waals surface area contributed by atoms with Gasteiger partial charge in [0.15, 0.2) is 0 Å². The van der Waals surface area contributed by atoms with E-state index in [2.05, 4.69) is 63.0 Å². The van der Waals surface area contributed by atoms with Crippen LogP contribution in [0, 0.1) is 0 Å². The van der Waals surface area contributed by atoms with Gasteiger partial charge in [0.2, 0.25) is 0 Å². The van der Waals surface area contributed by atoms with Crippen LogP contribution in [0.2, 0.25) is 0 Å². The lowest BCUT2D eigenvalue weighted by Crippen LogP contribution is -2.48. The number of nitrogens with zero attached hydrogens (tertiary/aromatic N) is 1. The van der Waals surface area contributed by atoms with E-state index in [9.17, 15) is 14.7 Å². The predicted molar refractivity (Wildman–Crippen MR) is 211 cm³/mol. The molecule has 2 aliphatic heterocycles. The molecule has 1 unspecified atom stereocenters. The van der Waals surface area contributed by atoms with Crippen LogP contribution >= 0.6 is 0 Å². The van der Waals surface area contributed by atoms with Gasteiger partial charge in [0.25, 0.3) is 0 Å². The summed E-state index contributed by atoms with van der Waals surface area (Å²) in [5.41, 5.74) is 8.17. The van der Waals surface area contributed by atoms with E-state index in [0.717, 1.165) is 46.4 Å². The Morgan fingerprint density at radius 1 is 0.846 bits per heavy atom. The highest BCUT2D eigenvalue weighted by Crippen LogP contribution is 2.43. The zero-order chi connectivity index (χ0) is 37.6. The Labute approximate surface area is 307 Å². The maximum absolute atomic E-state index is 11.8. The molecule has 270 valence electrons. The molecular weight excluding hydrogens is 652 g/mol. The molecule has 1 atom stereocenters. The van der Waals surface area contributed by atoms with Crippen LogP contribution in [0.1, 0.15) is 52.2 Å². The molecule has 4 aromatic carbocycles. The van der Waals surface area contributed by atoms with Crippen molar-refractivity contribution in [1.82, 2.24) is 0 Å². The lowest BCUT2D eigenvalue weighted by molar-refractivity contribution is -0.103. The molecular formula is C44H48N2O6. The third-order valence-electron chi connectivity index (χ3n) is 9.22. The Balaban J connectivity index is 0.000000202.